The van der Waals surface area contributed by atoms with Crippen LogP contribution < -0.4 is 5.56 Å². The van der Waals surface area contributed by atoms with Crippen LogP contribution in [0.3, 0.4) is 0 Å². The van der Waals surface area contributed by atoms with Crippen LogP contribution in [0.2, 0.25) is 5.15 Å². The fraction of sp³-hybridized carbons (Fsp3) is 0.333. The van der Waals surface area contributed by atoms with Gasteiger partial charge in [-0.05, 0) is 13.3 Å². The molecule has 0 atom stereocenters. The number of hydrogen-bond donors (Lipinski definition) is 0. The highest BCUT2D eigenvalue weighted by atomic mass is 35.5. The number of aromatic nitrogens is 2. The molecule has 0 amide bonds. The average Bonchev–Trinajstić information content (AvgIpc) is 2.07. The minimum absolute atomic E-state index is 0.0178. The molecule has 1 rings (SSSR count). The van der Waals surface area contributed by atoms with Gasteiger partial charge in [0.2, 0.25) is 0 Å². The van der Waals surface area contributed by atoms with Gasteiger partial charge in [0.15, 0.2) is 5.15 Å². The molecule has 0 saturated carbocycles. The number of aryl methyl sites for hydroxylation is 1. The van der Waals surface area contributed by atoms with Crippen molar-refractivity contribution in [1.29, 1.82) is 0 Å². The maximum absolute atomic E-state index is 11.3. The number of halogens is 1. The van der Waals surface area contributed by atoms with E-state index in [1.807, 2.05) is 6.92 Å². The first-order valence-electron chi connectivity index (χ1n) is 3.96. The third kappa shape index (κ3) is 2.70. The second kappa shape index (κ2) is 4.23. The van der Waals surface area contributed by atoms with Crippen molar-refractivity contribution in [2.45, 2.75) is 19.9 Å². The van der Waals surface area contributed by atoms with Gasteiger partial charge in [-0.25, -0.2) is 4.98 Å². The predicted molar refractivity (Wildman–Crippen MR) is 52.9 cm³/mol. The van der Waals surface area contributed by atoms with Crippen molar-refractivity contribution in [3.05, 3.63) is 40.1 Å². The van der Waals surface area contributed by atoms with Crippen molar-refractivity contribution in [3.63, 3.8) is 0 Å². The molecule has 3 nitrogen and oxygen atoms in total. The Morgan fingerprint density at radius 1 is 1.77 bits per heavy atom. The molecule has 70 valence electrons. The second-order valence-electron chi connectivity index (χ2n) is 2.92. The van der Waals surface area contributed by atoms with Crippen LogP contribution in [-0.4, -0.2) is 9.55 Å². The Balaban J connectivity index is 2.84. The summed E-state index contributed by atoms with van der Waals surface area (Å²) >= 11 is 5.56. The van der Waals surface area contributed by atoms with Gasteiger partial charge in [-0.2, -0.15) is 0 Å². The molecule has 0 saturated heterocycles. The molecule has 0 unspecified atom stereocenters. The summed E-state index contributed by atoms with van der Waals surface area (Å²) < 4.78 is 1.53. The zero-order valence-corrected chi connectivity index (χ0v) is 8.21. The lowest BCUT2D eigenvalue weighted by atomic mass is 10.2. The Hall–Kier alpha value is -1.09. The molecular weight excluding hydrogens is 188 g/mol. The van der Waals surface area contributed by atoms with Crippen LogP contribution in [0.5, 0.6) is 0 Å². The molecule has 0 radical (unpaired) electrons. The topological polar surface area (TPSA) is 34.9 Å². The molecule has 1 heterocycles. The first-order chi connectivity index (χ1) is 6.11. The van der Waals surface area contributed by atoms with E-state index in [1.54, 1.807) is 6.20 Å². The van der Waals surface area contributed by atoms with Crippen molar-refractivity contribution in [1.82, 2.24) is 9.55 Å². The molecule has 1 aromatic rings. The van der Waals surface area contributed by atoms with Gasteiger partial charge in [0, 0.05) is 18.9 Å². The SMILES string of the molecule is C=C(C)CCn1ccnc(Cl)c1=O. The van der Waals surface area contributed by atoms with Crippen LogP contribution in [0.25, 0.3) is 0 Å². The van der Waals surface area contributed by atoms with Gasteiger partial charge in [0.1, 0.15) is 0 Å². The molecule has 0 aliphatic rings. The molecule has 13 heavy (non-hydrogen) atoms. The quantitative estimate of drug-likeness (QED) is 0.695. The van der Waals surface area contributed by atoms with E-state index in [0.29, 0.717) is 6.54 Å². The van der Waals surface area contributed by atoms with Gasteiger partial charge >= 0.3 is 0 Å². The van der Waals surface area contributed by atoms with Gasteiger partial charge in [-0.1, -0.05) is 17.2 Å². The van der Waals surface area contributed by atoms with Crippen LogP contribution in [0, 0.1) is 0 Å². The lowest BCUT2D eigenvalue weighted by molar-refractivity contribution is 0.660. The second-order valence-corrected chi connectivity index (χ2v) is 3.28. The van der Waals surface area contributed by atoms with Crippen molar-refractivity contribution in [2.75, 3.05) is 0 Å². The van der Waals surface area contributed by atoms with E-state index >= 15 is 0 Å². The number of rotatable bonds is 3. The molecule has 0 aliphatic heterocycles. The van der Waals surface area contributed by atoms with Crippen LogP contribution >= 0.6 is 11.6 Å². The van der Waals surface area contributed by atoms with Crippen LogP contribution in [0.15, 0.2) is 29.3 Å². The van der Waals surface area contributed by atoms with Crippen molar-refractivity contribution >= 4 is 11.6 Å². The average molecular weight is 199 g/mol. The Morgan fingerprint density at radius 2 is 2.46 bits per heavy atom. The Labute approximate surface area is 81.7 Å². The summed E-state index contributed by atoms with van der Waals surface area (Å²) in [5.74, 6) is 0. The van der Waals surface area contributed by atoms with Crippen molar-refractivity contribution in [3.8, 4) is 0 Å². The summed E-state index contributed by atoms with van der Waals surface area (Å²) in [6.45, 7) is 6.29. The number of nitrogens with zero attached hydrogens (tertiary/aromatic N) is 2. The molecule has 0 N–H and O–H groups in total. The summed E-state index contributed by atoms with van der Waals surface area (Å²) in [7, 11) is 0. The maximum atomic E-state index is 11.3. The summed E-state index contributed by atoms with van der Waals surface area (Å²) in [6.07, 6.45) is 3.92. The maximum Gasteiger partial charge on any atom is 0.288 e. The lowest BCUT2D eigenvalue weighted by Crippen LogP contribution is -2.20. The predicted octanol–water partition coefficient (Wildman–Crippen LogP) is 1.86. The van der Waals surface area contributed by atoms with Crippen molar-refractivity contribution < 1.29 is 0 Å². The zero-order chi connectivity index (χ0) is 9.84. The third-order valence-electron chi connectivity index (χ3n) is 1.65. The third-order valence-corrected chi connectivity index (χ3v) is 1.91. The van der Waals surface area contributed by atoms with E-state index < -0.39 is 0 Å². The molecule has 0 fully saturated rings. The van der Waals surface area contributed by atoms with Gasteiger partial charge in [-0.15, -0.1) is 6.58 Å². The van der Waals surface area contributed by atoms with Crippen LogP contribution in [-0.2, 0) is 6.54 Å². The fourth-order valence-electron chi connectivity index (χ4n) is 0.908. The highest BCUT2D eigenvalue weighted by Gasteiger charge is 2.00. The van der Waals surface area contributed by atoms with E-state index in [2.05, 4.69) is 11.6 Å². The van der Waals surface area contributed by atoms with Crippen LogP contribution in [0.1, 0.15) is 13.3 Å². The Morgan fingerprint density at radius 3 is 3.08 bits per heavy atom. The fourth-order valence-corrected chi connectivity index (χ4v) is 1.07. The number of hydrogen-bond acceptors (Lipinski definition) is 2. The van der Waals surface area contributed by atoms with E-state index in [0.717, 1.165) is 12.0 Å². The monoisotopic (exact) mass is 198 g/mol. The smallest absolute Gasteiger partial charge is 0.288 e. The summed E-state index contributed by atoms with van der Waals surface area (Å²) in [5.41, 5.74) is 0.797. The summed E-state index contributed by atoms with van der Waals surface area (Å²) in [6, 6.07) is 0. The summed E-state index contributed by atoms with van der Waals surface area (Å²) in [5, 5.41) is 0.0178. The van der Waals surface area contributed by atoms with Crippen LogP contribution in [0.4, 0.5) is 0 Å². The highest BCUT2D eigenvalue weighted by Crippen LogP contribution is 1.99. The Bertz CT molecular complexity index is 370. The first-order valence-corrected chi connectivity index (χ1v) is 4.34. The Kier molecular flexibility index (Phi) is 3.25. The van der Waals surface area contributed by atoms with Gasteiger partial charge in [-0.3, -0.25) is 4.79 Å². The largest absolute Gasteiger partial charge is 0.311 e. The van der Waals surface area contributed by atoms with Gasteiger partial charge < -0.3 is 4.57 Å². The molecule has 0 aromatic carbocycles. The van der Waals surface area contributed by atoms with Crippen molar-refractivity contribution in [2.24, 2.45) is 0 Å². The van der Waals surface area contributed by atoms with E-state index in [1.165, 1.54) is 10.8 Å². The van der Waals surface area contributed by atoms with E-state index in [9.17, 15) is 4.79 Å². The molecule has 0 spiro atoms. The van der Waals surface area contributed by atoms with E-state index in [-0.39, 0.29) is 10.7 Å². The molecule has 1 aromatic heterocycles. The standard InChI is InChI=1S/C9H11ClN2O/c1-7(2)3-5-12-6-4-11-8(10)9(12)13/h4,6H,1,3,5H2,2H3. The molecule has 4 heteroatoms. The van der Waals surface area contributed by atoms with Gasteiger partial charge in [0.05, 0.1) is 0 Å². The minimum Gasteiger partial charge on any atom is -0.311 e. The minimum atomic E-state index is -0.245. The molecule has 0 aliphatic carbocycles. The summed E-state index contributed by atoms with van der Waals surface area (Å²) in [4.78, 5) is 15.0. The lowest BCUT2D eigenvalue weighted by Gasteiger charge is -2.04. The van der Waals surface area contributed by atoms with E-state index in [4.69, 9.17) is 11.6 Å². The first kappa shape index (κ1) is 9.99. The number of allylic oxidation sites excluding steroid dienone is 1. The highest BCUT2D eigenvalue weighted by molar-refractivity contribution is 6.29. The normalized spacial score (nSPS) is 10.0. The molecule has 0 bridgehead atoms. The molecular formula is C9H11ClN2O. The zero-order valence-electron chi connectivity index (χ0n) is 7.46. The van der Waals surface area contributed by atoms with Gasteiger partial charge in [0.25, 0.3) is 5.56 Å².